The molecule has 1 heterocycles. The van der Waals surface area contributed by atoms with Gasteiger partial charge in [0, 0.05) is 25.2 Å². The van der Waals surface area contributed by atoms with E-state index in [2.05, 4.69) is 5.32 Å². The van der Waals surface area contributed by atoms with Crippen LogP contribution in [-0.4, -0.2) is 31.4 Å². The smallest absolute Gasteiger partial charge is 0.246 e. The number of sulfonamides is 1. The first-order chi connectivity index (χ1) is 9.82. The van der Waals surface area contributed by atoms with Gasteiger partial charge in [-0.3, -0.25) is 0 Å². The van der Waals surface area contributed by atoms with Gasteiger partial charge in [-0.05, 0) is 37.5 Å². The summed E-state index contributed by atoms with van der Waals surface area (Å²) in [4.78, 5) is -0.218. The molecule has 0 radical (unpaired) electrons. The van der Waals surface area contributed by atoms with E-state index in [9.17, 15) is 12.8 Å². The zero-order chi connectivity index (χ0) is 15.6. The van der Waals surface area contributed by atoms with Crippen LogP contribution < -0.4 is 5.32 Å². The molecule has 1 N–H and O–H groups in total. The third-order valence-electron chi connectivity index (χ3n) is 3.79. The highest BCUT2D eigenvalue weighted by atomic mass is 32.2. The summed E-state index contributed by atoms with van der Waals surface area (Å²) >= 11 is 0. The lowest BCUT2D eigenvalue weighted by molar-refractivity contribution is 0.405. The molecule has 0 saturated carbocycles. The quantitative estimate of drug-likeness (QED) is 0.908. The van der Waals surface area contributed by atoms with Crippen molar-refractivity contribution in [2.24, 2.45) is 0 Å². The summed E-state index contributed by atoms with van der Waals surface area (Å²) in [6.07, 6.45) is 1.66. The molecule has 0 amide bonds. The summed E-state index contributed by atoms with van der Waals surface area (Å²) in [5.41, 5.74) is 0.745. The SMILES string of the molecule is CC(C)NCc1ccc(S(=O)(=O)N2CCCC2C)c(F)c1. The molecule has 0 spiro atoms. The Hall–Kier alpha value is -0.980. The molecule has 0 aromatic heterocycles. The Morgan fingerprint density at radius 2 is 2.14 bits per heavy atom. The third-order valence-corrected chi connectivity index (χ3v) is 5.84. The van der Waals surface area contributed by atoms with Crippen molar-refractivity contribution in [3.8, 4) is 0 Å². The molecule has 1 aliphatic rings. The van der Waals surface area contributed by atoms with Crippen LogP contribution in [0, 0.1) is 5.82 Å². The monoisotopic (exact) mass is 314 g/mol. The number of halogens is 1. The fourth-order valence-corrected chi connectivity index (χ4v) is 4.32. The molecule has 1 aromatic rings. The Bertz CT molecular complexity index is 602. The fourth-order valence-electron chi connectivity index (χ4n) is 2.58. The minimum Gasteiger partial charge on any atom is -0.310 e. The first kappa shape index (κ1) is 16.4. The van der Waals surface area contributed by atoms with Crippen LogP contribution >= 0.6 is 0 Å². The van der Waals surface area contributed by atoms with E-state index in [1.165, 1.54) is 16.4 Å². The number of hydrogen-bond acceptors (Lipinski definition) is 3. The Kier molecular flexibility index (Phi) is 5.01. The maximum atomic E-state index is 14.2. The highest BCUT2D eigenvalue weighted by Crippen LogP contribution is 2.27. The van der Waals surface area contributed by atoms with Crippen molar-refractivity contribution in [1.82, 2.24) is 9.62 Å². The van der Waals surface area contributed by atoms with Gasteiger partial charge in [0.25, 0.3) is 0 Å². The minimum atomic E-state index is -3.73. The Morgan fingerprint density at radius 3 is 2.67 bits per heavy atom. The molecular formula is C15H23FN2O2S. The van der Waals surface area contributed by atoms with Crippen LogP contribution in [0.3, 0.4) is 0 Å². The molecule has 1 saturated heterocycles. The lowest BCUT2D eigenvalue weighted by Crippen LogP contribution is -2.34. The van der Waals surface area contributed by atoms with Gasteiger partial charge in [-0.25, -0.2) is 12.8 Å². The summed E-state index contributed by atoms with van der Waals surface area (Å²) in [7, 11) is -3.73. The fraction of sp³-hybridized carbons (Fsp3) is 0.600. The molecule has 1 aliphatic heterocycles. The zero-order valence-electron chi connectivity index (χ0n) is 12.8. The number of rotatable bonds is 5. The largest absolute Gasteiger partial charge is 0.310 e. The molecular weight excluding hydrogens is 291 g/mol. The van der Waals surface area contributed by atoms with Crippen molar-refractivity contribution >= 4 is 10.0 Å². The molecule has 6 heteroatoms. The lowest BCUT2D eigenvalue weighted by atomic mass is 10.2. The van der Waals surface area contributed by atoms with E-state index in [1.807, 2.05) is 20.8 Å². The third kappa shape index (κ3) is 3.62. The van der Waals surface area contributed by atoms with E-state index in [0.29, 0.717) is 19.1 Å². The summed E-state index contributed by atoms with van der Waals surface area (Å²) in [6, 6.07) is 4.60. The van der Waals surface area contributed by atoms with Crippen LogP contribution in [0.15, 0.2) is 23.1 Å². The summed E-state index contributed by atoms with van der Waals surface area (Å²) < 4.78 is 40.6. The minimum absolute atomic E-state index is 0.0586. The van der Waals surface area contributed by atoms with Crippen LogP contribution in [0.1, 0.15) is 39.2 Å². The summed E-state index contributed by atoms with van der Waals surface area (Å²) in [5.74, 6) is -0.669. The number of nitrogens with one attached hydrogen (secondary N) is 1. The zero-order valence-corrected chi connectivity index (χ0v) is 13.6. The second-order valence-corrected chi connectivity index (χ2v) is 7.77. The first-order valence-electron chi connectivity index (χ1n) is 7.36. The average molecular weight is 314 g/mol. The average Bonchev–Trinajstić information content (AvgIpc) is 2.83. The number of hydrogen-bond donors (Lipinski definition) is 1. The molecule has 1 atom stereocenters. The molecule has 1 unspecified atom stereocenters. The lowest BCUT2D eigenvalue weighted by Gasteiger charge is -2.21. The predicted octanol–water partition coefficient (Wildman–Crippen LogP) is 2.50. The molecule has 1 fully saturated rings. The highest BCUT2D eigenvalue weighted by molar-refractivity contribution is 7.89. The van der Waals surface area contributed by atoms with Gasteiger partial charge in [-0.1, -0.05) is 19.9 Å². The maximum Gasteiger partial charge on any atom is 0.246 e. The van der Waals surface area contributed by atoms with Gasteiger partial charge >= 0.3 is 0 Å². The molecule has 0 bridgehead atoms. The van der Waals surface area contributed by atoms with Gasteiger partial charge in [0.05, 0.1) is 0 Å². The van der Waals surface area contributed by atoms with E-state index in [0.717, 1.165) is 18.4 Å². The van der Waals surface area contributed by atoms with Crippen LogP contribution in [0.2, 0.25) is 0 Å². The Morgan fingerprint density at radius 1 is 1.43 bits per heavy atom. The van der Waals surface area contributed by atoms with E-state index >= 15 is 0 Å². The van der Waals surface area contributed by atoms with Gasteiger partial charge in [0.15, 0.2) is 0 Å². The van der Waals surface area contributed by atoms with Crippen molar-refractivity contribution in [2.45, 2.75) is 57.1 Å². The van der Waals surface area contributed by atoms with Crippen molar-refractivity contribution in [2.75, 3.05) is 6.54 Å². The van der Waals surface area contributed by atoms with E-state index in [4.69, 9.17) is 0 Å². The summed E-state index contributed by atoms with van der Waals surface area (Å²) in [6.45, 7) is 6.87. The summed E-state index contributed by atoms with van der Waals surface area (Å²) in [5, 5.41) is 3.18. The molecule has 1 aromatic carbocycles. The Balaban J connectivity index is 2.24. The van der Waals surface area contributed by atoms with Crippen LogP contribution in [-0.2, 0) is 16.6 Å². The molecule has 4 nitrogen and oxygen atoms in total. The van der Waals surface area contributed by atoms with Gasteiger partial charge in [-0.2, -0.15) is 4.31 Å². The first-order valence-corrected chi connectivity index (χ1v) is 8.80. The van der Waals surface area contributed by atoms with Gasteiger partial charge < -0.3 is 5.32 Å². The maximum absolute atomic E-state index is 14.2. The molecule has 118 valence electrons. The van der Waals surface area contributed by atoms with Crippen LogP contribution in [0.4, 0.5) is 4.39 Å². The van der Waals surface area contributed by atoms with Crippen LogP contribution in [0.25, 0.3) is 0 Å². The highest BCUT2D eigenvalue weighted by Gasteiger charge is 2.34. The van der Waals surface area contributed by atoms with E-state index in [1.54, 1.807) is 6.07 Å². The standard InChI is InChI=1S/C15H23FN2O2S/c1-11(2)17-10-13-6-7-15(14(16)9-13)21(19,20)18-8-4-5-12(18)3/h6-7,9,11-12,17H,4-5,8,10H2,1-3H3. The molecule has 21 heavy (non-hydrogen) atoms. The number of nitrogens with zero attached hydrogens (tertiary/aromatic N) is 1. The van der Waals surface area contributed by atoms with Gasteiger partial charge in [0.2, 0.25) is 10.0 Å². The van der Waals surface area contributed by atoms with Gasteiger partial charge in [0.1, 0.15) is 10.7 Å². The van der Waals surface area contributed by atoms with Crippen molar-refractivity contribution in [3.05, 3.63) is 29.6 Å². The predicted molar refractivity (Wildman–Crippen MR) is 81.0 cm³/mol. The van der Waals surface area contributed by atoms with E-state index < -0.39 is 15.8 Å². The topological polar surface area (TPSA) is 49.4 Å². The van der Waals surface area contributed by atoms with Crippen LogP contribution in [0.5, 0.6) is 0 Å². The van der Waals surface area contributed by atoms with Gasteiger partial charge in [-0.15, -0.1) is 0 Å². The van der Waals surface area contributed by atoms with E-state index in [-0.39, 0.29) is 10.9 Å². The Labute approximate surface area is 126 Å². The molecule has 0 aliphatic carbocycles. The normalized spacial score (nSPS) is 20.3. The molecule has 2 rings (SSSR count). The second-order valence-electron chi connectivity index (χ2n) is 5.91. The van der Waals surface area contributed by atoms with Crippen molar-refractivity contribution in [3.63, 3.8) is 0 Å². The second kappa shape index (κ2) is 6.42. The van der Waals surface area contributed by atoms with Crippen molar-refractivity contribution < 1.29 is 12.8 Å². The van der Waals surface area contributed by atoms with Crippen molar-refractivity contribution in [1.29, 1.82) is 0 Å². The number of benzene rings is 1.